The molecule has 0 bridgehead atoms. The first-order chi connectivity index (χ1) is 9.28. The van der Waals surface area contributed by atoms with Gasteiger partial charge in [-0.05, 0) is 18.9 Å². The van der Waals surface area contributed by atoms with Crippen molar-refractivity contribution in [1.82, 2.24) is 9.78 Å². The van der Waals surface area contributed by atoms with Gasteiger partial charge < -0.3 is 5.32 Å². The SMILES string of the molecule is CCCCC(C)Nc1cnn(Cc2ccccc2)c1. The number of unbranched alkanes of at least 4 members (excludes halogenated alkanes) is 1. The summed E-state index contributed by atoms with van der Waals surface area (Å²) in [7, 11) is 0. The van der Waals surface area contributed by atoms with Crippen molar-refractivity contribution in [2.45, 2.75) is 45.7 Å². The monoisotopic (exact) mass is 257 g/mol. The fourth-order valence-corrected chi connectivity index (χ4v) is 2.16. The van der Waals surface area contributed by atoms with Crippen LogP contribution in [0.3, 0.4) is 0 Å². The second-order valence-corrected chi connectivity index (χ2v) is 5.10. The first-order valence-corrected chi connectivity index (χ1v) is 7.11. The summed E-state index contributed by atoms with van der Waals surface area (Å²) in [6.45, 7) is 5.28. The Hall–Kier alpha value is -1.77. The van der Waals surface area contributed by atoms with Crippen LogP contribution in [0.25, 0.3) is 0 Å². The number of hydrogen-bond donors (Lipinski definition) is 1. The van der Waals surface area contributed by atoms with Crippen molar-refractivity contribution >= 4 is 5.69 Å². The molecule has 0 saturated carbocycles. The highest BCUT2D eigenvalue weighted by atomic mass is 15.3. The van der Waals surface area contributed by atoms with E-state index in [0.29, 0.717) is 6.04 Å². The number of nitrogens with zero attached hydrogens (tertiary/aromatic N) is 2. The van der Waals surface area contributed by atoms with Crippen LogP contribution in [0, 0.1) is 0 Å². The predicted octanol–water partition coefficient (Wildman–Crippen LogP) is 3.92. The molecule has 0 aliphatic heterocycles. The van der Waals surface area contributed by atoms with Crippen LogP contribution in [0.4, 0.5) is 5.69 Å². The van der Waals surface area contributed by atoms with Gasteiger partial charge in [-0.15, -0.1) is 0 Å². The lowest BCUT2D eigenvalue weighted by Gasteiger charge is -2.12. The van der Waals surface area contributed by atoms with Crippen LogP contribution in [0.5, 0.6) is 0 Å². The first kappa shape index (κ1) is 13.7. The van der Waals surface area contributed by atoms with Crippen molar-refractivity contribution in [2.24, 2.45) is 0 Å². The van der Waals surface area contributed by atoms with Gasteiger partial charge in [-0.25, -0.2) is 0 Å². The minimum Gasteiger partial charge on any atom is -0.380 e. The minimum absolute atomic E-state index is 0.509. The fourth-order valence-electron chi connectivity index (χ4n) is 2.16. The lowest BCUT2D eigenvalue weighted by molar-refractivity contribution is 0.644. The van der Waals surface area contributed by atoms with Crippen molar-refractivity contribution < 1.29 is 0 Å². The Morgan fingerprint density at radius 2 is 2.05 bits per heavy atom. The average Bonchev–Trinajstić information content (AvgIpc) is 2.85. The summed E-state index contributed by atoms with van der Waals surface area (Å²) in [4.78, 5) is 0. The highest BCUT2D eigenvalue weighted by molar-refractivity contribution is 5.39. The molecule has 0 fully saturated rings. The van der Waals surface area contributed by atoms with E-state index in [1.165, 1.54) is 24.8 Å². The average molecular weight is 257 g/mol. The third-order valence-electron chi connectivity index (χ3n) is 3.22. The maximum atomic E-state index is 4.40. The highest BCUT2D eigenvalue weighted by Crippen LogP contribution is 2.11. The predicted molar refractivity (Wildman–Crippen MR) is 80.4 cm³/mol. The third-order valence-corrected chi connectivity index (χ3v) is 3.22. The van der Waals surface area contributed by atoms with Crippen LogP contribution >= 0.6 is 0 Å². The Bertz CT molecular complexity index is 476. The number of nitrogens with one attached hydrogen (secondary N) is 1. The second kappa shape index (κ2) is 6.98. The summed E-state index contributed by atoms with van der Waals surface area (Å²) in [5, 5.41) is 7.90. The molecule has 1 unspecified atom stereocenters. The van der Waals surface area contributed by atoms with Gasteiger partial charge in [0.1, 0.15) is 0 Å². The Balaban J connectivity index is 1.88. The molecule has 0 radical (unpaired) electrons. The lowest BCUT2D eigenvalue weighted by Crippen LogP contribution is -2.14. The van der Waals surface area contributed by atoms with E-state index in [0.717, 1.165) is 12.2 Å². The van der Waals surface area contributed by atoms with Crippen molar-refractivity contribution in [1.29, 1.82) is 0 Å². The van der Waals surface area contributed by atoms with Gasteiger partial charge in [0.15, 0.2) is 0 Å². The van der Waals surface area contributed by atoms with Gasteiger partial charge in [0.25, 0.3) is 0 Å². The molecule has 2 aromatic rings. The van der Waals surface area contributed by atoms with E-state index in [-0.39, 0.29) is 0 Å². The normalized spacial score (nSPS) is 12.3. The van der Waals surface area contributed by atoms with Gasteiger partial charge in [0.05, 0.1) is 18.4 Å². The summed E-state index contributed by atoms with van der Waals surface area (Å²) < 4.78 is 1.98. The molecule has 1 aromatic carbocycles. The van der Waals surface area contributed by atoms with Gasteiger partial charge in [-0.3, -0.25) is 4.68 Å². The number of anilines is 1. The molecule has 3 nitrogen and oxygen atoms in total. The van der Waals surface area contributed by atoms with E-state index in [2.05, 4.69) is 54.7 Å². The first-order valence-electron chi connectivity index (χ1n) is 7.11. The molecule has 19 heavy (non-hydrogen) atoms. The minimum atomic E-state index is 0.509. The van der Waals surface area contributed by atoms with Crippen LogP contribution in [-0.2, 0) is 6.54 Å². The van der Waals surface area contributed by atoms with Crippen molar-refractivity contribution in [2.75, 3.05) is 5.32 Å². The van der Waals surface area contributed by atoms with E-state index in [9.17, 15) is 0 Å². The third kappa shape index (κ3) is 4.43. The summed E-state index contributed by atoms with van der Waals surface area (Å²) in [6.07, 6.45) is 7.72. The molecule has 0 aliphatic rings. The molecule has 2 rings (SSSR count). The Labute approximate surface area is 115 Å². The summed E-state index contributed by atoms with van der Waals surface area (Å²) in [6, 6.07) is 10.9. The molecule has 3 heteroatoms. The maximum absolute atomic E-state index is 4.40. The molecule has 0 amide bonds. The molecular formula is C16H23N3. The zero-order chi connectivity index (χ0) is 13.5. The smallest absolute Gasteiger partial charge is 0.0728 e. The van der Waals surface area contributed by atoms with E-state index >= 15 is 0 Å². The zero-order valence-electron chi connectivity index (χ0n) is 11.8. The molecule has 0 aliphatic carbocycles. The summed E-state index contributed by atoms with van der Waals surface area (Å²) in [5.41, 5.74) is 2.38. The van der Waals surface area contributed by atoms with Gasteiger partial charge in [-0.2, -0.15) is 5.10 Å². The topological polar surface area (TPSA) is 29.9 Å². The van der Waals surface area contributed by atoms with Crippen LogP contribution in [-0.4, -0.2) is 15.8 Å². The van der Waals surface area contributed by atoms with Gasteiger partial charge >= 0.3 is 0 Å². The summed E-state index contributed by atoms with van der Waals surface area (Å²) >= 11 is 0. The number of rotatable bonds is 7. The van der Waals surface area contributed by atoms with Gasteiger partial charge in [0, 0.05) is 12.2 Å². The number of benzene rings is 1. The Morgan fingerprint density at radius 1 is 1.26 bits per heavy atom. The van der Waals surface area contributed by atoms with Crippen molar-refractivity contribution in [3.63, 3.8) is 0 Å². The highest BCUT2D eigenvalue weighted by Gasteiger charge is 2.04. The quantitative estimate of drug-likeness (QED) is 0.814. The fraction of sp³-hybridized carbons (Fsp3) is 0.438. The molecule has 1 atom stereocenters. The van der Waals surface area contributed by atoms with Crippen LogP contribution in [0.15, 0.2) is 42.7 Å². The molecule has 0 saturated heterocycles. The van der Waals surface area contributed by atoms with Crippen LogP contribution < -0.4 is 5.32 Å². The second-order valence-electron chi connectivity index (χ2n) is 5.10. The van der Waals surface area contributed by atoms with E-state index in [1.807, 2.05) is 16.9 Å². The van der Waals surface area contributed by atoms with E-state index in [1.54, 1.807) is 0 Å². The van der Waals surface area contributed by atoms with Crippen molar-refractivity contribution in [3.8, 4) is 0 Å². The molecular weight excluding hydrogens is 234 g/mol. The molecule has 1 aromatic heterocycles. The molecule has 1 heterocycles. The Kier molecular flexibility index (Phi) is 5.01. The standard InChI is InChI=1S/C16H23N3/c1-3-4-8-14(2)18-16-11-17-19(13-16)12-15-9-6-5-7-10-15/h5-7,9-11,13-14,18H,3-4,8,12H2,1-2H3. The molecule has 1 N–H and O–H groups in total. The molecule has 0 spiro atoms. The number of aromatic nitrogens is 2. The van der Waals surface area contributed by atoms with Gasteiger partial charge in [0.2, 0.25) is 0 Å². The van der Waals surface area contributed by atoms with Gasteiger partial charge in [-0.1, -0.05) is 50.1 Å². The summed E-state index contributed by atoms with van der Waals surface area (Å²) in [5.74, 6) is 0. The zero-order valence-corrected chi connectivity index (χ0v) is 11.8. The largest absolute Gasteiger partial charge is 0.380 e. The maximum Gasteiger partial charge on any atom is 0.0728 e. The lowest BCUT2D eigenvalue weighted by atomic mass is 10.1. The number of hydrogen-bond acceptors (Lipinski definition) is 2. The van der Waals surface area contributed by atoms with Crippen LogP contribution in [0.2, 0.25) is 0 Å². The Morgan fingerprint density at radius 3 is 2.79 bits per heavy atom. The molecule has 102 valence electrons. The van der Waals surface area contributed by atoms with Crippen LogP contribution in [0.1, 0.15) is 38.7 Å². The van der Waals surface area contributed by atoms with Crippen molar-refractivity contribution in [3.05, 3.63) is 48.3 Å². The van der Waals surface area contributed by atoms with E-state index in [4.69, 9.17) is 0 Å². The van der Waals surface area contributed by atoms with E-state index < -0.39 is 0 Å².